The highest BCUT2D eigenvalue weighted by atomic mass is 19.1. The van der Waals surface area contributed by atoms with Crippen LogP contribution in [0.4, 0.5) is 13.2 Å². The van der Waals surface area contributed by atoms with Crippen molar-refractivity contribution in [3.8, 4) is 0 Å². The van der Waals surface area contributed by atoms with Crippen molar-refractivity contribution in [2.45, 2.75) is 25.3 Å². The van der Waals surface area contributed by atoms with Crippen molar-refractivity contribution in [1.82, 2.24) is 9.80 Å². The van der Waals surface area contributed by atoms with Crippen LogP contribution in [-0.4, -0.2) is 43.5 Å². The van der Waals surface area contributed by atoms with Crippen molar-refractivity contribution in [2.24, 2.45) is 0 Å². The van der Waals surface area contributed by atoms with Gasteiger partial charge in [0.05, 0.1) is 0 Å². The summed E-state index contributed by atoms with van der Waals surface area (Å²) in [5.41, 5.74) is 3.18. The predicted molar refractivity (Wildman–Crippen MR) is 124 cm³/mol. The lowest BCUT2D eigenvalue weighted by Crippen LogP contribution is -2.31. The van der Waals surface area contributed by atoms with E-state index in [9.17, 15) is 13.2 Å². The molecule has 0 heterocycles. The maximum Gasteiger partial charge on any atom is 0.123 e. The molecule has 0 aliphatic heterocycles. The molecule has 0 spiro atoms. The highest BCUT2D eigenvalue weighted by molar-refractivity contribution is 5.32. The van der Waals surface area contributed by atoms with E-state index in [-0.39, 0.29) is 23.4 Å². The van der Waals surface area contributed by atoms with Gasteiger partial charge in [-0.3, -0.25) is 0 Å². The molecule has 0 fully saturated rings. The van der Waals surface area contributed by atoms with Gasteiger partial charge in [0, 0.05) is 25.6 Å². The number of likely N-dealkylation sites (N-methyl/N-ethyl adjacent to an activating group) is 2. The summed E-state index contributed by atoms with van der Waals surface area (Å²) in [6, 6.07) is 19.8. The highest BCUT2D eigenvalue weighted by Crippen LogP contribution is 2.29. The average Bonchev–Trinajstić information content (AvgIpc) is 2.78. The molecule has 3 aromatic rings. The zero-order valence-corrected chi connectivity index (χ0v) is 18.8. The Kier molecular flexibility index (Phi) is 8.89. The third kappa shape index (κ3) is 7.50. The van der Waals surface area contributed by atoms with Crippen LogP contribution < -0.4 is 0 Å². The van der Waals surface area contributed by atoms with E-state index in [2.05, 4.69) is 23.9 Å². The first-order valence-electron chi connectivity index (χ1n) is 11.0. The van der Waals surface area contributed by atoms with Crippen LogP contribution in [0.1, 0.15) is 35.4 Å². The van der Waals surface area contributed by atoms with E-state index in [0.29, 0.717) is 0 Å². The number of hydrogen-bond acceptors (Lipinski definition) is 2. The summed E-state index contributed by atoms with van der Waals surface area (Å²) in [6.07, 6.45) is 1.87. The van der Waals surface area contributed by atoms with Crippen molar-refractivity contribution >= 4 is 0 Å². The lowest BCUT2D eigenvalue weighted by Gasteiger charge is -2.23. The van der Waals surface area contributed by atoms with Gasteiger partial charge in [0.1, 0.15) is 17.5 Å². The van der Waals surface area contributed by atoms with Crippen LogP contribution in [-0.2, 0) is 6.54 Å². The normalized spacial score (nSPS) is 11.6. The fourth-order valence-corrected chi connectivity index (χ4v) is 3.92. The maximum atomic E-state index is 13.4. The number of nitrogens with zero attached hydrogens (tertiary/aromatic N) is 2. The fraction of sp³-hybridized carbons (Fsp3) is 0.333. The van der Waals surface area contributed by atoms with Crippen molar-refractivity contribution < 1.29 is 13.2 Å². The van der Waals surface area contributed by atoms with Crippen molar-refractivity contribution in [3.05, 3.63) is 107 Å². The van der Waals surface area contributed by atoms with Crippen LogP contribution >= 0.6 is 0 Å². The third-order valence-corrected chi connectivity index (χ3v) is 5.81. The first-order valence-corrected chi connectivity index (χ1v) is 11.0. The van der Waals surface area contributed by atoms with Crippen LogP contribution in [0, 0.1) is 17.5 Å². The quantitative estimate of drug-likeness (QED) is 0.357. The molecule has 3 aromatic carbocycles. The average molecular weight is 441 g/mol. The summed E-state index contributed by atoms with van der Waals surface area (Å²) >= 11 is 0. The molecule has 0 aliphatic rings. The number of benzene rings is 3. The number of rotatable bonds is 11. The van der Waals surface area contributed by atoms with E-state index in [1.165, 1.54) is 36.4 Å². The van der Waals surface area contributed by atoms with Gasteiger partial charge in [-0.05, 0) is 86.6 Å². The van der Waals surface area contributed by atoms with E-state index in [4.69, 9.17) is 0 Å². The Morgan fingerprint density at radius 1 is 0.594 bits per heavy atom. The van der Waals surface area contributed by atoms with E-state index < -0.39 is 0 Å². The van der Waals surface area contributed by atoms with Gasteiger partial charge in [0.2, 0.25) is 0 Å². The molecular weight excluding hydrogens is 409 g/mol. The van der Waals surface area contributed by atoms with Gasteiger partial charge < -0.3 is 9.80 Å². The van der Waals surface area contributed by atoms with Gasteiger partial charge >= 0.3 is 0 Å². The van der Waals surface area contributed by atoms with Gasteiger partial charge in [0.15, 0.2) is 0 Å². The largest absolute Gasteiger partial charge is 0.305 e. The second kappa shape index (κ2) is 11.8. The second-order valence-corrected chi connectivity index (χ2v) is 8.47. The Hall–Kier alpha value is -2.63. The first kappa shape index (κ1) is 24.0. The zero-order valence-electron chi connectivity index (χ0n) is 18.8. The summed E-state index contributed by atoms with van der Waals surface area (Å²) in [6.45, 7) is 3.55. The molecule has 0 bridgehead atoms. The summed E-state index contributed by atoms with van der Waals surface area (Å²) < 4.78 is 39.8. The maximum absolute atomic E-state index is 13.4. The third-order valence-electron chi connectivity index (χ3n) is 5.81. The molecular formula is C27H31F3N2. The molecule has 2 nitrogen and oxygen atoms in total. The molecule has 0 saturated heterocycles. The topological polar surface area (TPSA) is 6.48 Å². The molecule has 32 heavy (non-hydrogen) atoms. The molecule has 0 aromatic heterocycles. The number of halogens is 3. The van der Waals surface area contributed by atoms with Crippen molar-refractivity contribution in [3.63, 3.8) is 0 Å². The van der Waals surface area contributed by atoms with Crippen molar-refractivity contribution in [1.29, 1.82) is 0 Å². The Bertz CT molecular complexity index is 895. The Balaban J connectivity index is 1.49. The van der Waals surface area contributed by atoms with Crippen molar-refractivity contribution in [2.75, 3.05) is 33.7 Å². The molecule has 0 N–H and O–H groups in total. The van der Waals surface area contributed by atoms with Crippen LogP contribution in [0.2, 0.25) is 0 Å². The SMILES string of the molecule is CN(CCCC(c1ccc(F)cc1)c1ccc(F)cc1)CCN(C)Cc1ccc(F)cc1. The summed E-state index contributed by atoms with van der Waals surface area (Å²) in [5, 5.41) is 0. The summed E-state index contributed by atoms with van der Waals surface area (Å²) in [7, 11) is 4.17. The lowest BCUT2D eigenvalue weighted by atomic mass is 9.87. The van der Waals surface area contributed by atoms with Gasteiger partial charge in [-0.2, -0.15) is 0 Å². The van der Waals surface area contributed by atoms with Crippen LogP contribution in [0.25, 0.3) is 0 Å². The fourth-order valence-electron chi connectivity index (χ4n) is 3.92. The van der Waals surface area contributed by atoms with Gasteiger partial charge in [-0.15, -0.1) is 0 Å². The molecule has 0 unspecified atom stereocenters. The molecule has 3 rings (SSSR count). The van der Waals surface area contributed by atoms with E-state index in [0.717, 1.165) is 55.7 Å². The van der Waals surface area contributed by atoms with Gasteiger partial charge in [-0.25, -0.2) is 13.2 Å². The summed E-state index contributed by atoms with van der Waals surface area (Å²) in [5.74, 6) is -0.617. The monoisotopic (exact) mass is 440 g/mol. The molecule has 0 amide bonds. The van der Waals surface area contributed by atoms with E-state index in [1.54, 1.807) is 0 Å². The van der Waals surface area contributed by atoms with E-state index in [1.807, 2.05) is 36.4 Å². The molecule has 0 aliphatic carbocycles. The standard InChI is InChI=1S/C27H31F3N2/c1-31(18-19-32(2)20-21-5-11-24(28)12-6-21)17-3-4-27(22-7-13-25(29)14-8-22)23-9-15-26(30)16-10-23/h5-16,27H,3-4,17-20H2,1-2H3. The molecule has 0 atom stereocenters. The lowest BCUT2D eigenvalue weighted by molar-refractivity contribution is 0.248. The van der Waals surface area contributed by atoms with Gasteiger partial charge in [0.25, 0.3) is 0 Å². The Labute approximate surface area is 189 Å². The predicted octanol–water partition coefficient (Wildman–Crippen LogP) is 6.08. The highest BCUT2D eigenvalue weighted by Gasteiger charge is 2.15. The minimum absolute atomic E-state index is 0.103. The Morgan fingerprint density at radius 3 is 1.53 bits per heavy atom. The van der Waals surface area contributed by atoms with Crippen LogP contribution in [0.3, 0.4) is 0 Å². The summed E-state index contributed by atoms with van der Waals surface area (Å²) in [4.78, 5) is 4.52. The van der Waals surface area contributed by atoms with Crippen LogP contribution in [0.5, 0.6) is 0 Å². The van der Waals surface area contributed by atoms with Crippen LogP contribution in [0.15, 0.2) is 72.8 Å². The zero-order chi connectivity index (χ0) is 22.9. The minimum atomic E-state index is -0.254. The first-order chi connectivity index (χ1) is 15.4. The molecule has 0 radical (unpaired) electrons. The van der Waals surface area contributed by atoms with E-state index >= 15 is 0 Å². The minimum Gasteiger partial charge on any atom is -0.305 e. The second-order valence-electron chi connectivity index (χ2n) is 8.47. The molecule has 5 heteroatoms. The molecule has 170 valence electrons. The smallest absolute Gasteiger partial charge is 0.123 e. The molecule has 0 saturated carbocycles. The Morgan fingerprint density at radius 2 is 1.03 bits per heavy atom. The number of hydrogen-bond donors (Lipinski definition) is 0. The van der Waals surface area contributed by atoms with Gasteiger partial charge in [-0.1, -0.05) is 36.4 Å².